The van der Waals surface area contributed by atoms with Gasteiger partial charge in [0.2, 0.25) is 5.91 Å². The quantitative estimate of drug-likeness (QED) is 0.616. The molecule has 26 heavy (non-hydrogen) atoms. The number of anilines is 2. The minimum Gasteiger partial charge on any atom is -0.459 e. The predicted octanol–water partition coefficient (Wildman–Crippen LogP) is 4.78. The average Bonchev–Trinajstić information content (AvgIpc) is 3.11. The van der Waals surface area contributed by atoms with Gasteiger partial charge < -0.3 is 15.1 Å². The number of hydrogen-bond acceptors (Lipinski definition) is 4. The summed E-state index contributed by atoms with van der Waals surface area (Å²) >= 11 is 1.64. The van der Waals surface area contributed by atoms with Crippen LogP contribution in [0.1, 0.15) is 23.0 Å². The maximum Gasteiger partial charge on any atom is 0.291 e. The van der Waals surface area contributed by atoms with Crippen molar-refractivity contribution in [2.75, 3.05) is 10.6 Å². The number of carbonyl (C=O) groups is 2. The normalized spacial score (nSPS) is 10.3. The van der Waals surface area contributed by atoms with Crippen LogP contribution < -0.4 is 10.6 Å². The molecule has 0 unspecified atom stereocenters. The van der Waals surface area contributed by atoms with E-state index in [4.69, 9.17) is 4.42 Å². The van der Waals surface area contributed by atoms with Crippen molar-refractivity contribution in [1.82, 2.24) is 0 Å². The Hall–Kier alpha value is -2.99. The molecule has 2 aromatic carbocycles. The van der Waals surface area contributed by atoms with Crippen LogP contribution in [0.5, 0.6) is 0 Å². The highest BCUT2D eigenvalue weighted by atomic mass is 32.2. The minimum absolute atomic E-state index is 0.141. The van der Waals surface area contributed by atoms with Gasteiger partial charge in [-0.15, -0.1) is 11.8 Å². The third-order valence-corrected chi connectivity index (χ3v) is 4.61. The highest BCUT2D eigenvalue weighted by molar-refractivity contribution is 7.98. The molecule has 1 heterocycles. The second kappa shape index (κ2) is 8.40. The van der Waals surface area contributed by atoms with Gasteiger partial charge in [-0.2, -0.15) is 0 Å². The van der Waals surface area contributed by atoms with Crippen molar-refractivity contribution in [1.29, 1.82) is 0 Å². The summed E-state index contributed by atoms with van der Waals surface area (Å²) in [5.74, 6) is 0.508. The van der Waals surface area contributed by atoms with Gasteiger partial charge in [0.1, 0.15) is 0 Å². The van der Waals surface area contributed by atoms with Crippen molar-refractivity contribution in [2.24, 2.45) is 0 Å². The number of benzene rings is 2. The summed E-state index contributed by atoms with van der Waals surface area (Å²) in [5.41, 5.74) is 2.14. The third-order valence-electron chi connectivity index (χ3n) is 3.55. The van der Waals surface area contributed by atoms with Crippen LogP contribution in [-0.4, -0.2) is 11.8 Å². The fourth-order valence-electron chi connectivity index (χ4n) is 2.35. The highest BCUT2D eigenvalue weighted by Gasteiger charge is 2.16. The molecule has 0 aliphatic rings. The van der Waals surface area contributed by atoms with Gasteiger partial charge in [-0.1, -0.05) is 18.2 Å². The number of amides is 2. The number of furan rings is 1. The first-order chi connectivity index (χ1) is 12.6. The largest absolute Gasteiger partial charge is 0.459 e. The Morgan fingerprint density at radius 1 is 0.923 bits per heavy atom. The molecule has 0 bridgehead atoms. The van der Waals surface area contributed by atoms with Crippen molar-refractivity contribution in [3.8, 4) is 0 Å². The van der Waals surface area contributed by atoms with Crippen molar-refractivity contribution in [3.63, 3.8) is 0 Å². The summed E-state index contributed by atoms with van der Waals surface area (Å²) in [6.07, 6.45) is 1.52. The zero-order valence-electron chi connectivity index (χ0n) is 14.2. The molecule has 0 spiro atoms. The summed E-state index contributed by atoms with van der Waals surface area (Å²) in [6.45, 7) is 1.45. The molecule has 2 N–H and O–H groups in total. The Balaban J connectivity index is 1.63. The van der Waals surface area contributed by atoms with Crippen LogP contribution in [-0.2, 0) is 10.5 Å². The van der Waals surface area contributed by atoms with Crippen LogP contribution in [0, 0.1) is 0 Å². The molecule has 0 radical (unpaired) electrons. The van der Waals surface area contributed by atoms with Crippen LogP contribution in [0.4, 0.5) is 11.4 Å². The van der Waals surface area contributed by atoms with Gasteiger partial charge in [0.05, 0.1) is 6.26 Å². The molecular weight excluding hydrogens is 348 g/mol. The fourth-order valence-corrected chi connectivity index (χ4v) is 3.25. The lowest BCUT2D eigenvalue weighted by Gasteiger charge is -2.07. The summed E-state index contributed by atoms with van der Waals surface area (Å²) in [4.78, 5) is 24.7. The lowest BCUT2D eigenvalue weighted by Crippen LogP contribution is -2.13. The summed E-state index contributed by atoms with van der Waals surface area (Å²) in [6, 6.07) is 18.7. The number of carbonyl (C=O) groups excluding carboxylic acids is 2. The van der Waals surface area contributed by atoms with Gasteiger partial charge in [-0.05, 0) is 42.5 Å². The highest BCUT2D eigenvalue weighted by Crippen LogP contribution is 2.25. The molecule has 0 saturated carbocycles. The summed E-state index contributed by atoms with van der Waals surface area (Å²) in [5, 5.41) is 5.49. The lowest BCUT2D eigenvalue weighted by molar-refractivity contribution is -0.114. The van der Waals surface area contributed by atoms with Gasteiger partial charge in [-0.3, -0.25) is 9.59 Å². The number of nitrogens with one attached hydrogen (secondary N) is 2. The molecular formula is C20H18N2O3S. The van der Waals surface area contributed by atoms with Crippen molar-refractivity contribution >= 4 is 35.0 Å². The van der Waals surface area contributed by atoms with Gasteiger partial charge >= 0.3 is 0 Å². The van der Waals surface area contributed by atoms with Crippen molar-refractivity contribution < 1.29 is 14.0 Å². The number of hydrogen-bond donors (Lipinski definition) is 2. The molecule has 6 heteroatoms. The predicted molar refractivity (Wildman–Crippen MR) is 103 cm³/mol. The molecule has 5 nitrogen and oxygen atoms in total. The molecule has 2 amide bonds. The van der Waals surface area contributed by atoms with E-state index in [1.165, 1.54) is 13.2 Å². The summed E-state index contributed by atoms with van der Waals surface area (Å²) < 4.78 is 5.38. The molecule has 0 aliphatic heterocycles. The van der Waals surface area contributed by atoms with Crippen molar-refractivity contribution in [3.05, 3.63) is 78.3 Å². The Labute approximate surface area is 155 Å². The van der Waals surface area contributed by atoms with E-state index in [2.05, 4.69) is 10.6 Å². The van der Waals surface area contributed by atoms with Crippen molar-refractivity contribution in [2.45, 2.75) is 17.6 Å². The van der Waals surface area contributed by atoms with Crippen LogP contribution in [0.2, 0.25) is 0 Å². The van der Waals surface area contributed by atoms with E-state index >= 15 is 0 Å². The maximum absolute atomic E-state index is 12.5. The van der Waals surface area contributed by atoms with Gasteiger partial charge in [0.25, 0.3) is 5.91 Å². The minimum atomic E-state index is -0.300. The second-order valence-corrected chi connectivity index (χ2v) is 6.64. The Morgan fingerprint density at radius 2 is 1.58 bits per heavy atom. The van der Waals surface area contributed by atoms with Gasteiger partial charge in [0.15, 0.2) is 5.76 Å². The fraction of sp³-hybridized carbons (Fsp3) is 0.100. The molecule has 132 valence electrons. The van der Waals surface area contributed by atoms with E-state index in [0.29, 0.717) is 22.9 Å². The second-order valence-electron chi connectivity index (χ2n) is 5.59. The average molecular weight is 366 g/mol. The molecule has 3 rings (SSSR count). The maximum atomic E-state index is 12.5. The smallest absolute Gasteiger partial charge is 0.291 e. The third kappa shape index (κ3) is 4.77. The Bertz CT molecular complexity index is 889. The molecule has 0 atom stereocenters. The Morgan fingerprint density at radius 3 is 2.23 bits per heavy atom. The zero-order valence-corrected chi connectivity index (χ0v) is 15.0. The van der Waals surface area contributed by atoms with E-state index < -0.39 is 0 Å². The lowest BCUT2D eigenvalue weighted by atomic mass is 10.2. The van der Waals surface area contributed by atoms with E-state index in [-0.39, 0.29) is 11.8 Å². The monoisotopic (exact) mass is 366 g/mol. The molecule has 1 aromatic heterocycles. The Kier molecular flexibility index (Phi) is 5.76. The SMILES string of the molecule is CC(=O)Nc1ccc(NC(=O)c2occc2CSc2ccccc2)cc1. The van der Waals surface area contributed by atoms with Crippen LogP contribution in [0.25, 0.3) is 0 Å². The molecule has 0 saturated heterocycles. The van der Waals surface area contributed by atoms with Crippen LogP contribution in [0.3, 0.4) is 0 Å². The van der Waals surface area contributed by atoms with Gasteiger partial charge in [0, 0.05) is 34.5 Å². The summed E-state index contributed by atoms with van der Waals surface area (Å²) in [7, 11) is 0. The van der Waals surface area contributed by atoms with E-state index in [1.807, 2.05) is 36.4 Å². The zero-order chi connectivity index (χ0) is 18.4. The number of rotatable bonds is 6. The van der Waals surface area contributed by atoms with Gasteiger partial charge in [-0.25, -0.2) is 0 Å². The first kappa shape index (κ1) is 17.8. The van der Waals surface area contributed by atoms with E-state index in [0.717, 1.165) is 10.5 Å². The van der Waals surface area contributed by atoms with E-state index in [1.54, 1.807) is 36.0 Å². The first-order valence-electron chi connectivity index (χ1n) is 8.05. The standard InChI is InChI=1S/C20H18N2O3S/c1-14(23)21-16-7-9-17(10-8-16)22-20(24)19-15(11-12-25-19)13-26-18-5-3-2-4-6-18/h2-12H,13H2,1H3,(H,21,23)(H,22,24). The van der Waals surface area contributed by atoms with Crippen LogP contribution >= 0.6 is 11.8 Å². The first-order valence-corrected chi connectivity index (χ1v) is 9.03. The molecule has 0 fully saturated rings. The molecule has 0 aliphatic carbocycles. The molecule has 3 aromatic rings. The van der Waals surface area contributed by atoms with Crippen LogP contribution in [0.15, 0.2) is 76.2 Å². The topological polar surface area (TPSA) is 71.3 Å². The van der Waals surface area contributed by atoms with E-state index in [9.17, 15) is 9.59 Å². The number of thioether (sulfide) groups is 1.